The number of carbonyl (C=O) groups is 1. The van der Waals surface area contributed by atoms with Gasteiger partial charge in [-0.25, -0.2) is 9.97 Å². The van der Waals surface area contributed by atoms with Crippen molar-refractivity contribution in [2.45, 2.75) is 19.0 Å². The minimum atomic E-state index is -4.62. The monoisotopic (exact) mass is 352 g/mol. The Morgan fingerprint density at radius 2 is 1.96 bits per heavy atom. The Hall–Kier alpha value is -2.71. The molecule has 0 saturated carbocycles. The number of piperidine rings is 1. The second kappa shape index (κ2) is 6.66. The van der Waals surface area contributed by atoms with Crippen molar-refractivity contribution in [3.8, 4) is 11.4 Å². The molecule has 0 aromatic carbocycles. The lowest BCUT2D eigenvalue weighted by Crippen LogP contribution is -2.39. The van der Waals surface area contributed by atoms with Crippen LogP contribution in [0, 0.1) is 5.92 Å². The molecule has 25 heavy (non-hydrogen) atoms. The number of hydrogen-bond donors (Lipinski definition) is 1. The zero-order chi connectivity index (χ0) is 18.0. The quantitative estimate of drug-likeness (QED) is 0.915. The molecule has 3 rings (SSSR count). The van der Waals surface area contributed by atoms with Crippen molar-refractivity contribution in [1.82, 2.24) is 15.0 Å². The Balaban J connectivity index is 2.02. The van der Waals surface area contributed by atoms with Crippen molar-refractivity contribution < 1.29 is 23.1 Å². The number of rotatable bonds is 3. The average molecular weight is 352 g/mol. The fourth-order valence-electron chi connectivity index (χ4n) is 2.76. The number of aliphatic carboxylic acids is 1. The summed E-state index contributed by atoms with van der Waals surface area (Å²) in [5.74, 6) is -1.56. The van der Waals surface area contributed by atoms with Gasteiger partial charge in [0.2, 0.25) is 0 Å². The normalized spacial score (nSPS) is 18.2. The molecule has 1 saturated heterocycles. The van der Waals surface area contributed by atoms with E-state index >= 15 is 0 Å². The fraction of sp³-hybridized carbons (Fsp3) is 0.375. The highest BCUT2D eigenvalue weighted by Gasteiger charge is 2.35. The number of carboxylic acids is 1. The van der Waals surface area contributed by atoms with E-state index in [-0.39, 0.29) is 18.2 Å². The molecule has 1 N–H and O–H groups in total. The van der Waals surface area contributed by atoms with Crippen molar-refractivity contribution in [2.75, 3.05) is 18.0 Å². The largest absolute Gasteiger partial charge is 0.481 e. The first-order chi connectivity index (χ1) is 11.8. The van der Waals surface area contributed by atoms with Crippen LogP contribution in [0.2, 0.25) is 0 Å². The molecule has 1 aliphatic rings. The molecule has 1 atom stereocenters. The van der Waals surface area contributed by atoms with Crippen LogP contribution in [0.3, 0.4) is 0 Å². The average Bonchev–Trinajstić information content (AvgIpc) is 2.61. The first-order valence-corrected chi connectivity index (χ1v) is 7.69. The van der Waals surface area contributed by atoms with E-state index in [1.165, 1.54) is 24.5 Å². The lowest BCUT2D eigenvalue weighted by Gasteiger charge is -2.32. The maximum Gasteiger partial charge on any atom is 0.433 e. The van der Waals surface area contributed by atoms with Crippen molar-refractivity contribution >= 4 is 11.8 Å². The van der Waals surface area contributed by atoms with Crippen LogP contribution < -0.4 is 4.90 Å². The predicted octanol–water partition coefficient (Wildman–Crippen LogP) is 2.86. The summed E-state index contributed by atoms with van der Waals surface area (Å²) in [6.07, 6.45) is -0.658. The molecule has 1 aliphatic heterocycles. The Morgan fingerprint density at radius 3 is 2.60 bits per heavy atom. The highest BCUT2D eigenvalue weighted by Crippen LogP contribution is 2.32. The summed E-state index contributed by atoms with van der Waals surface area (Å²) >= 11 is 0. The van der Waals surface area contributed by atoms with Crippen LogP contribution in [0.1, 0.15) is 18.5 Å². The Labute approximate surface area is 141 Å². The van der Waals surface area contributed by atoms with Gasteiger partial charge >= 0.3 is 12.1 Å². The van der Waals surface area contributed by atoms with Crippen molar-refractivity contribution in [3.05, 3.63) is 36.3 Å². The molecule has 0 aliphatic carbocycles. The molecule has 0 radical (unpaired) electrons. The third-order valence-corrected chi connectivity index (χ3v) is 4.04. The molecule has 9 heteroatoms. The van der Waals surface area contributed by atoms with Gasteiger partial charge in [-0.1, -0.05) is 0 Å². The lowest BCUT2D eigenvalue weighted by atomic mass is 9.98. The summed E-state index contributed by atoms with van der Waals surface area (Å²) in [4.78, 5) is 24.4. The number of alkyl halides is 3. The first-order valence-electron chi connectivity index (χ1n) is 7.69. The molecule has 1 fully saturated rings. The summed E-state index contributed by atoms with van der Waals surface area (Å²) in [6, 6.07) is 3.92. The van der Waals surface area contributed by atoms with Crippen LogP contribution in [0.25, 0.3) is 11.4 Å². The molecule has 3 heterocycles. The number of nitrogens with zero attached hydrogens (tertiary/aromatic N) is 4. The van der Waals surface area contributed by atoms with Gasteiger partial charge in [0.1, 0.15) is 5.82 Å². The van der Waals surface area contributed by atoms with E-state index in [0.29, 0.717) is 24.9 Å². The van der Waals surface area contributed by atoms with Gasteiger partial charge in [0.15, 0.2) is 11.5 Å². The fourth-order valence-corrected chi connectivity index (χ4v) is 2.76. The Bertz CT molecular complexity index is 768. The van der Waals surface area contributed by atoms with Crippen molar-refractivity contribution in [2.24, 2.45) is 5.92 Å². The Morgan fingerprint density at radius 1 is 1.24 bits per heavy atom. The van der Waals surface area contributed by atoms with Crippen molar-refractivity contribution in [3.63, 3.8) is 0 Å². The van der Waals surface area contributed by atoms with Gasteiger partial charge in [-0.15, -0.1) is 0 Å². The number of anilines is 1. The highest BCUT2D eigenvalue weighted by molar-refractivity contribution is 5.71. The minimum absolute atomic E-state index is 0.0651. The van der Waals surface area contributed by atoms with Crippen LogP contribution in [0.15, 0.2) is 30.6 Å². The molecule has 0 amide bonds. The summed E-state index contributed by atoms with van der Waals surface area (Å²) in [5, 5.41) is 9.17. The topological polar surface area (TPSA) is 79.2 Å². The van der Waals surface area contributed by atoms with Crippen LogP contribution in [-0.2, 0) is 11.0 Å². The number of halogens is 3. The van der Waals surface area contributed by atoms with Gasteiger partial charge < -0.3 is 10.0 Å². The smallest absolute Gasteiger partial charge is 0.433 e. The van der Waals surface area contributed by atoms with Gasteiger partial charge in [0.25, 0.3) is 0 Å². The minimum Gasteiger partial charge on any atom is -0.481 e. The Kier molecular flexibility index (Phi) is 4.56. The standard InChI is InChI=1S/C16H15F3N4O2/c17-16(18,19)12-8-13(23-7-1-2-11(9-23)15(24)25)22-14(21-12)10-3-5-20-6-4-10/h3-6,8,11H,1-2,7,9H2,(H,24,25). The van der Waals surface area contributed by atoms with Gasteiger partial charge in [0.05, 0.1) is 5.92 Å². The van der Waals surface area contributed by atoms with E-state index in [2.05, 4.69) is 15.0 Å². The maximum absolute atomic E-state index is 13.2. The van der Waals surface area contributed by atoms with E-state index in [9.17, 15) is 23.1 Å². The first kappa shape index (κ1) is 17.1. The molecule has 1 unspecified atom stereocenters. The van der Waals surface area contributed by atoms with E-state index < -0.39 is 23.8 Å². The van der Waals surface area contributed by atoms with Crippen LogP contribution >= 0.6 is 0 Å². The molecule has 0 bridgehead atoms. The zero-order valence-corrected chi connectivity index (χ0v) is 13.1. The molecular formula is C16H15F3N4O2. The molecule has 132 valence electrons. The van der Waals surface area contributed by atoms with E-state index in [0.717, 1.165) is 6.07 Å². The number of hydrogen-bond acceptors (Lipinski definition) is 5. The van der Waals surface area contributed by atoms with Crippen LogP contribution in [-0.4, -0.2) is 39.1 Å². The summed E-state index contributed by atoms with van der Waals surface area (Å²) in [5.41, 5.74) is -0.643. The second-order valence-corrected chi connectivity index (χ2v) is 5.79. The zero-order valence-electron chi connectivity index (χ0n) is 13.1. The maximum atomic E-state index is 13.2. The molecule has 0 spiro atoms. The van der Waals surface area contributed by atoms with Gasteiger partial charge in [-0.3, -0.25) is 9.78 Å². The van der Waals surface area contributed by atoms with E-state index in [1.54, 1.807) is 4.90 Å². The third-order valence-electron chi connectivity index (χ3n) is 4.04. The SMILES string of the molecule is O=C(O)C1CCCN(c2cc(C(F)(F)F)nc(-c3ccncc3)n2)C1. The van der Waals surface area contributed by atoms with Gasteiger partial charge in [-0.05, 0) is 25.0 Å². The molecule has 2 aromatic heterocycles. The predicted molar refractivity (Wildman–Crippen MR) is 82.8 cm³/mol. The van der Waals surface area contributed by atoms with Gasteiger partial charge in [0, 0.05) is 37.1 Å². The van der Waals surface area contributed by atoms with E-state index in [1.807, 2.05) is 0 Å². The molecular weight excluding hydrogens is 337 g/mol. The third kappa shape index (κ3) is 3.86. The van der Waals surface area contributed by atoms with E-state index in [4.69, 9.17) is 0 Å². The van der Waals surface area contributed by atoms with Crippen molar-refractivity contribution in [1.29, 1.82) is 0 Å². The summed E-state index contributed by atoms with van der Waals surface area (Å²) in [6.45, 7) is 0.577. The second-order valence-electron chi connectivity index (χ2n) is 5.79. The molecule has 2 aromatic rings. The van der Waals surface area contributed by atoms with Gasteiger partial charge in [-0.2, -0.15) is 13.2 Å². The number of aromatic nitrogens is 3. The molecule has 6 nitrogen and oxygen atoms in total. The summed E-state index contributed by atoms with van der Waals surface area (Å²) < 4.78 is 39.7. The lowest BCUT2D eigenvalue weighted by molar-refractivity contribution is -0.142. The number of pyridine rings is 1. The number of carboxylic acid groups (broad SMARTS) is 1. The summed E-state index contributed by atoms with van der Waals surface area (Å²) in [7, 11) is 0. The van der Waals surface area contributed by atoms with Crippen LogP contribution in [0.4, 0.5) is 19.0 Å². The highest BCUT2D eigenvalue weighted by atomic mass is 19.4. The van der Waals surface area contributed by atoms with Crippen LogP contribution in [0.5, 0.6) is 0 Å².